The average Bonchev–Trinajstić information content (AvgIpc) is 2.59. The molecule has 0 bridgehead atoms. The van der Waals surface area contributed by atoms with Gasteiger partial charge in [0.05, 0.1) is 0 Å². The van der Waals surface area contributed by atoms with Crippen LogP contribution in [0.15, 0.2) is 24.3 Å². The molecule has 0 amide bonds. The third kappa shape index (κ3) is 1.90. The van der Waals surface area contributed by atoms with E-state index in [1.54, 1.807) is 0 Å². The topological polar surface area (TPSA) is 42.7 Å². The van der Waals surface area contributed by atoms with Gasteiger partial charge in [0.1, 0.15) is 0 Å². The quantitative estimate of drug-likeness (QED) is 0.815. The van der Waals surface area contributed by atoms with Crippen molar-refractivity contribution < 1.29 is 0 Å². The number of nitrogens with zero attached hydrogens (tertiary/aromatic N) is 3. The van der Waals surface area contributed by atoms with Crippen LogP contribution in [0.25, 0.3) is 11.4 Å². The first-order valence-corrected chi connectivity index (χ1v) is 6.09. The van der Waals surface area contributed by atoms with Crippen LogP contribution in [0, 0.1) is 6.92 Å². The van der Waals surface area contributed by atoms with Gasteiger partial charge >= 0.3 is 0 Å². The van der Waals surface area contributed by atoms with Crippen LogP contribution in [-0.4, -0.2) is 21.3 Å². The summed E-state index contributed by atoms with van der Waals surface area (Å²) in [6, 6.07) is 8.41. The molecule has 4 nitrogen and oxygen atoms in total. The molecule has 1 aromatic carbocycles. The molecule has 0 radical (unpaired) electrons. The molecule has 0 saturated carbocycles. The molecule has 2 heterocycles. The van der Waals surface area contributed by atoms with Crippen LogP contribution in [-0.2, 0) is 6.54 Å². The summed E-state index contributed by atoms with van der Waals surface area (Å²) in [6.07, 6.45) is 2.37. The average molecular weight is 228 g/mol. The molecule has 0 saturated heterocycles. The highest BCUT2D eigenvalue weighted by atomic mass is 15.4. The molecule has 0 unspecified atom stereocenters. The molecule has 1 N–H and O–H groups in total. The molecule has 2 aromatic rings. The zero-order valence-corrected chi connectivity index (χ0v) is 9.98. The van der Waals surface area contributed by atoms with E-state index in [0.29, 0.717) is 0 Å². The predicted molar refractivity (Wildman–Crippen MR) is 67.9 cm³/mol. The molecular weight excluding hydrogens is 212 g/mol. The number of fused-ring (bicyclic) bond motifs is 1. The van der Waals surface area contributed by atoms with Crippen molar-refractivity contribution in [2.75, 3.05) is 11.9 Å². The number of aryl methyl sites for hydroxylation is 1. The molecule has 4 heteroatoms. The fraction of sp³-hybridized carbons (Fsp3) is 0.385. The van der Waals surface area contributed by atoms with Crippen LogP contribution in [0.1, 0.15) is 18.4 Å². The second-order valence-electron chi connectivity index (χ2n) is 4.50. The van der Waals surface area contributed by atoms with Crippen LogP contribution in [0.4, 0.5) is 5.95 Å². The number of benzene rings is 1. The van der Waals surface area contributed by atoms with Crippen molar-refractivity contribution in [3.8, 4) is 11.4 Å². The van der Waals surface area contributed by atoms with E-state index in [9.17, 15) is 0 Å². The maximum absolute atomic E-state index is 4.30. The van der Waals surface area contributed by atoms with Crippen LogP contribution in [0.3, 0.4) is 0 Å². The molecule has 0 fully saturated rings. The first kappa shape index (κ1) is 10.3. The van der Waals surface area contributed by atoms with E-state index >= 15 is 0 Å². The zero-order valence-electron chi connectivity index (χ0n) is 9.98. The summed E-state index contributed by atoms with van der Waals surface area (Å²) in [5.41, 5.74) is 2.40. The number of aromatic nitrogens is 3. The number of anilines is 1. The van der Waals surface area contributed by atoms with Crippen molar-refractivity contribution in [1.29, 1.82) is 0 Å². The minimum atomic E-state index is 0.902. The molecule has 0 atom stereocenters. The van der Waals surface area contributed by atoms with Crippen molar-refractivity contribution in [1.82, 2.24) is 14.8 Å². The van der Waals surface area contributed by atoms with Gasteiger partial charge in [0.25, 0.3) is 0 Å². The van der Waals surface area contributed by atoms with E-state index in [1.165, 1.54) is 18.4 Å². The maximum atomic E-state index is 4.30. The van der Waals surface area contributed by atoms with Gasteiger partial charge in [-0.05, 0) is 25.8 Å². The highest BCUT2D eigenvalue weighted by Gasteiger charge is 2.15. The Labute approximate surface area is 101 Å². The SMILES string of the molecule is Cc1cccc(-c2nnc3n2CCCCN3)c1. The number of hydrogen-bond donors (Lipinski definition) is 1. The molecule has 0 aliphatic carbocycles. The standard InChI is InChI=1S/C13H16N4/c1-10-5-4-6-11(9-10)12-15-16-13-14-7-2-3-8-17(12)13/h4-6,9H,2-3,7-8H2,1H3,(H,14,16). The van der Waals surface area contributed by atoms with E-state index in [2.05, 4.69) is 51.3 Å². The van der Waals surface area contributed by atoms with Crippen LogP contribution >= 0.6 is 0 Å². The van der Waals surface area contributed by atoms with Crippen molar-refractivity contribution in [3.63, 3.8) is 0 Å². The second-order valence-corrected chi connectivity index (χ2v) is 4.50. The van der Waals surface area contributed by atoms with E-state index in [1.807, 2.05) is 0 Å². The Hall–Kier alpha value is -1.84. The maximum Gasteiger partial charge on any atom is 0.224 e. The highest BCUT2D eigenvalue weighted by Crippen LogP contribution is 2.23. The van der Waals surface area contributed by atoms with Crippen LogP contribution < -0.4 is 5.32 Å². The molecule has 88 valence electrons. The third-order valence-electron chi connectivity index (χ3n) is 3.12. The Morgan fingerprint density at radius 3 is 3.06 bits per heavy atom. The van der Waals surface area contributed by atoms with Gasteiger partial charge in [0.2, 0.25) is 5.95 Å². The van der Waals surface area contributed by atoms with Crippen LogP contribution in [0.5, 0.6) is 0 Å². The zero-order chi connectivity index (χ0) is 11.7. The molecule has 0 spiro atoms. The first-order chi connectivity index (χ1) is 8.34. The Balaban J connectivity index is 2.06. The third-order valence-corrected chi connectivity index (χ3v) is 3.12. The molecule has 1 aliphatic heterocycles. The molecule has 1 aromatic heterocycles. The minimum absolute atomic E-state index is 0.902. The van der Waals surface area contributed by atoms with Gasteiger partial charge < -0.3 is 5.32 Å². The largest absolute Gasteiger partial charge is 0.354 e. The van der Waals surface area contributed by atoms with Gasteiger partial charge in [-0.3, -0.25) is 4.57 Å². The summed E-state index contributed by atoms with van der Waals surface area (Å²) in [5, 5.41) is 11.8. The minimum Gasteiger partial charge on any atom is -0.354 e. The first-order valence-electron chi connectivity index (χ1n) is 6.09. The van der Waals surface area contributed by atoms with E-state index in [4.69, 9.17) is 0 Å². The van der Waals surface area contributed by atoms with Crippen molar-refractivity contribution >= 4 is 5.95 Å². The Kier molecular flexibility index (Phi) is 2.55. The summed E-state index contributed by atoms with van der Waals surface area (Å²) in [5.74, 6) is 1.87. The van der Waals surface area contributed by atoms with Gasteiger partial charge in [-0.15, -0.1) is 10.2 Å². The van der Waals surface area contributed by atoms with Gasteiger partial charge in [-0.1, -0.05) is 23.8 Å². The summed E-state index contributed by atoms with van der Waals surface area (Å²) in [4.78, 5) is 0. The molecular formula is C13H16N4. The fourth-order valence-corrected chi connectivity index (χ4v) is 2.24. The van der Waals surface area contributed by atoms with E-state index < -0.39 is 0 Å². The van der Waals surface area contributed by atoms with Gasteiger partial charge in [-0.2, -0.15) is 0 Å². The number of rotatable bonds is 1. The van der Waals surface area contributed by atoms with Crippen molar-refractivity contribution in [2.45, 2.75) is 26.3 Å². The second kappa shape index (κ2) is 4.20. The fourth-order valence-electron chi connectivity index (χ4n) is 2.24. The molecule has 1 aliphatic rings. The lowest BCUT2D eigenvalue weighted by Gasteiger charge is -2.07. The van der Waals surface area contributed by atoms with Crippen LogP contribution in [0.2, 0.25) is 0 Å². The monoisotopic (exact) mass is 228 g/mol. The predicted octanol–water partition coefficient (Wildman–Crippen LogP) is 2.46. The Bertz CT molecular complexity index is 530. The highest BCUT2D eigenvalue weighted by molar-refractivity contribution is 5.58. The lowest BCUT2D eigenvalue weighted by Crippen LogP contribution is -2.04. The Morgan fingerprint density at radius 2 is 2.18 bits per heavy atom. The normalized spacial score (nSPS) is 14.9. The smallest absolute Gasteiger partial charge is 0.224 e. The number of hydrogen-bond acceptors (Lipinski definition) is 3. The van der Waals surface area contributed by atoms with Crippen molar-refractivity contribution in [3.05, 3.63) is 29.8 Å². The van der Waals surface area contributed by atoms with E-state index in [0.717, 1.165) is 30.4 Å². The van der Waals surface area contributed by atoms with Crippen molar-refractivity contribution in [2.24, 2.45) is 0 Å². The van der Waals surface area contributed by atoms with Gasteiger partial charge in [0, 0.05) is 18.7 Å². The lowest BCUT2D eigenvalue weighted by atomic mass is 10.1. The van der Waals surface area contributed by atoms with Gasteiger partial charge in [0.15, 0.2) is 5.82 Å². The Morgan fingerprint density at radius 1 is 1.24 bits per heavy atom. The molecule has 3 rings (SSSR count). The summed E-state index contributed by atoms with van der Waals surface area (Å²) in [6.45, 7) is 4.09. The van der Waals surface area contributed by atoms with E-state index in [-0.39, 0.29) is 0 Å². The summed E-state index contributed by atoms with van der Waals surface area (Å²) in [7, 11) is 0. The summed E-state index contributed by atoms with van der Waals surface area (Å²) >= 11 is 0. The van der Waals surface area contributed by atoms with Gasteiger partial charge in [-0.25, -0.2) is 0 Å². The molecule has 17 heavy (non-hydrogen) atoms. The lowest BCUT2D eigenvalue weighted by molar-refractivity contribution is 0.657. The summed E-state index contributed by atoms with van der Waals surface area (Å²) < 4.78 is 2.18. The number of nitrogens with one attached hydrogen (secondary N) is 1.